The van der Waals surface area contributed by atoms with Crippen LogP contribution >= 0.6 is 11.3 Å². The molecule has 1 aliphatic heterocycles. The zero-order valence-electron chi connectivity index (χ0n) is 21.1. The van der Waals surface area contributed by atoms with E-state index in [1.807, 2.05) is 34.5 Å². The van der Waals surface area contributed by atoms with Crippen LogP contribution in [0.25, 0.3) is 11.3 Å². The van der Waals surface area contributed by atoms with Crippen LogP contribution in [-0.4, -0.2) is 39.1 Å². The Morgan fingerprint density at radius 3 is 2.68 bits per heavy atom. The van der Waals surface area contributed by atoms with E-state index in [-0.39, 0.29) is 10.8 Å². The SMILES string of the molecule is C=C1COCCN1c1ccc(-c2csc(NC(C)=O)n2)cc1NS(=O)(=O)c1ccc(CCCCC)cc1. The van der Waals surface area contributed by atoms with E-state index in [0.29, 0.717) is 42.0 Å². The lowest BCUT2D eigenvalue weighted by Gasteiger charge is -2.32. The van der Waals surface area contributed by atoms with Gasteiger partial charge in [-0.25, -0.2) is 13.4 Å². The zero-order chi connectivity index (χ0) is 26.4. The number of rotatable bonds is 10. The molecule has 0 bridgehead atoms. The molecule has 1 fully saturated rings. The Bertz CT molecular complexity index is 1370. The Labute approximate surface area is 222 Å². The first-order valence-corrected chi connectivity index (χ1v) is 14.7. The van der Waals surface area contributed by atoms with Crippen molar-refractivity contribution in [2.45, 2.75) is 44.4 Å². The van der Waals surface area contributed by atoms with Gasteiger partial charge in [0.15, 0.2) is 5.13 Å². The van der Waals surface area contributed by atoms with Crippen molar-refractivity contribution in [3.63, 3.8) is 0 Å². The molecular formula is C27H32N4O4S2. The fourth-order valence-electron chi connectivity index (χ4n) is 4.12. The van der Waals surface area contributed by atoms with Gasteiger partial charge in [-0.1, -0.05) is 44.5 Å². The fourth-order valence-corrected chi connectivity index (χ4v) is 5.95. The third-order valence-corrected chi connectivity index (χ3v) is 8.17. The highest BCUT2D eigenvalue weighted by atomic mass is 32.2. The van der Waals surface area contributed by atoms with Gasteiger partial charge >= 0.3 is 0 Å². The van der Waals surface area contributed by atoms with Crippen LogP contribution in [0, 0.1) is 0 Å². The monoisotopic (exact) mass is 540 g/mol. The first-order chi connectivity index (χ1) is 17.8. The molecule has 1 aromatic heterocycles. The normalized spacial score (nSPS) is 14.0. The Morgan fingerprint density at radius 1 is 1.19 bits per heavy atom. The van der Waals surface area contributed by atoms with Crippen LogP contribution in [0.4, 0.5) is 16.5 Å². The van der Waals surface area contributed by atoms with Crippen molar-refractivity contribution in [3.8, 4) is 11.3 Å². The summed E-state index contributed by atoms with van der Waals surface area (Å²) in [5, 5.41) is 4.99. The lowest BCUT2D eigenvalue weighted by Crippen LogP contribution is -2.34. The van der Waals surface area contributed by atoms with Crippen LogP contribution in [0.3, 0.4) is 0 Å². The molecule has 0 saturated carbocycles. The Kier molecular flexibility index (Phi) is 8.63. The number of aromatic nitrogens is 1. The van der Waals surface area contributed by atoms with Gasteiger partial charge in [-0.3, -0.25) is 9.52 Å². The summed E-state index contributed by atoms with van der Waals surface area (Å²) in [6.07, 6.45) is 4.31. The number of thiazole rings is 1. The molecule has 8 nitrogen and oxygen atoms in total. The first-order valence-electron chi connectivity index (χ1n) is 12.3. The van der Waals surface area contributed by atoms with Crippen LogP contribution < -0.4 is 14.9 Å². The number of sulfonamides is 1. The van der Waals surface area contributed by atoms with Crippen molar-refractivity contribution >= 4 is 43.8 Å². The predicted molar refractivity (Wildman–Crippen MR) is 150 cm³/mol. The van der Waals surface area contributed by atoms with Crippen LogP contribution in [-0.2, 0) is 26.0 Å². The Hall–Kier alpha value is -3.21. The molecule has 3 aromatic rings. The molecule has 196 valence electrons. The number of ether oxygens (including phenoxy) is 1. The van der Waals surface area contributed by atoms with Gasteiger partial charge in [0.2, 0.25) is 5.91 Å². The number of morpholine rings is 1. The number of unbranched alkanes of at least 4 members (excludes halogenated alkanes) is 2. The number of carbonyl (C=O) groups is 1. The molecular weight excluding hydrogens is 508 g/mol. The molecule has 1 saturated heterocycles. The molecule has 0 aliphatic carbocycles. The van der Waals surface area contributed by atoms with Crippen LogP contribution in [0.1, 0.15) is 38.7 Å². The topological polar surface area (TPSA) is 101 Å². The molecule has 1 aliphatic rings. The highest BCUT2D eigenvalue weighted by Gasteiger charge is 2.23. The largest absolute Gasteiger partial charge is 0.373 e. The second-order valence-corrected chi connectivity index (χ2v) is 11.5. The lowest BCUT2D eigenvalue weighted by molar-refractivity contribution is -0.114. The van der Waals surface area contributed by atoms with Crippen LogP contribution in [0.5, 0.6) is 0 Å². The molecule has 2 N–H and O–H groups in total. The highest BCUT2D eigenvalue weighted by molar-refractivity contribution is 7.92. The number of nitrogens with one attached hydrogen (secondary N) is 2. The maximum absolute atomic E-state index is 13.4. The van der Waals surface area contributed by atoms with Gasteiger partial charge in [0.25, 0.3) is 10.0 Å². The molecule has 4 rings (SSSR count). The standard InChI is InChI=1S/C27H32N4O4S2/c1-4-5-6-7-21-8-11-23(12-9-21)37(33,34)30-24-16-22(25-18-36-27(29-25)28-20(3)32)10-13-26(24)31-14-15-35-17-19(31)2/h8-13,16,18,30H,2,4-7,14-15,17H2,1,3H3,(H,28,29,32). The summed E-state index contributed by atoms with van der Waals surface area (Å²) in [5.41, 5.74) is 4.34. The van der Waals surface area contributed by atoms with E-state index in [2.05, 4.69) is 28.5 Å². The third-order valence-electron chi connectivity index (χ3n) is 6.03. The summed E-state index contributed by atoms with van der Waals surface area (Å²) in [6.45, 7) is 9.12. The third kappa shape index (κ3) is 6.76. The second-order valence-electron chi connectivity index (χ2n) is 8.93. The molecule has 1 amide bonds. The summed E-state index contributed by atoms with van der Waals surface area (Å²) in [7, 11) is -3.86. The average Bonchev–Trinajstić information content (AvgIpc) is 3.33. The van der Waals surface area contributed by atoms with Crippen molar-refractivity contribution in [1.29, 1.82) is 0 Å². The van der Waals surface area contributed by atoms with E-state index < -0.39 is 10.0 Å². The van der Waals surface area contributed by atoms with Crippen molar-refractivity contribution in [2.75, 3.05) is 34.7 Å². The maximum Gasteiger partial charge on any atom is 0.261 e. The van der Waals surface area contributed by atoms with Crippen LogP contribution in [0.2, 0.25) is 0 Å². The summed E-state index contributed by atoms with van der Waals surface area (Å²) in [5.74, 6) is -0.202. The molecule has 0 atom stereocenters. The number of aryl methyl sites for hydroxylation is 1. The minimum absolute atomic E-state index is 0.200. The van der Waals surface area contributed by atoms with E-state index in [1.165, 1.54) is 18.3 Å². The molecule has 37 heavy (non-hydrogen) atoms. The smallest absolute Gasteiger partial charge is 0.261 e. The number of amides is 1. The van der Waals surface area contributed by atoms with Crippen molar-refractivity contribution in [1.82, 2.24) is 4.98 Å². The maximum atomic E-state index is 13.4. The Morgan fingerprint density at radius 2 is 1.97 bits per heavy atom. The van der Waals surface area contributed by atoms with Gasteiger partial charge in [-0.15, -0.1) is 11.3 Å². The molecule has 10 heteroatoms. The second kappa shape index (κ2) is 11.9. The number of carbonyl (C=O) groups excluding carboxylic acids is 1. The van der Waals surface area contributed by atoms with E-state index in [9.17, 15) is 13.2 Å². The molecule has 2 aromatic carbocycles. The quantitative estimate of drug-likeness (QED) is 0.322. The van der Waals surface area contributed by atoms with Crippen molar-refractivity contribution < 1.29 is 17.9 Å². The van der Waals surface area contributed by atoms with E-state index >= 15 is 0 Å². The molecule has 0 unspecified atom stereocenters. The van der Waals surface area contributed by atoms with Gasteiger partial charge in [0.05, 0.1) is 35.2 Å². The van der Waals surface area contributed by atoms with Crippen molar-refractivity contribution in [3.05, 3.63) is 65.7 Å². The fraction of sp³-hybridized carbons (Fsp3) is 0.333. The van der Waals surface area contributed by atoms with Gasteiger partial charge < -0.3 is 15.0 Å². The number of anilines is 3. The van der Waals surface area contributed by atoms with E-state index in [4.69, 9.17) is 4.74 Å². The van der Waals surface area contributed by atoms with Gasteiger partial charge in [0.1, 0.15) is 0 Å². The van der Waals surface area contributed by atoms with E-state index in [1.54, 1.807) is 18.2 Å². The van der Waals surface area contributed by atoms with Crippen molar-refractivity contribution in [2.24, 2.45) is 0 Å². The molecule has 0 spiro atoms. The number of nitrogens with zero attached hydrogens (tertiary/aromatic N) is 2. The minimum Gasteiger partial charge on any atom is -0.373 e. The number of benzene rings is 2. The summed E-state index contributed by atoms with van der Waals surface area (Å²) >= 11 is 1.31. The minimum atomic E-state index is -3.86. The summed E-state index contributed by atoms with van der Waals surface area (Å²) in [4.78, 5) is 18.0. The summed E-state index contributed by atoms with van der Waals surface area (Å²) in [6, 6.07) is 12.6. The molecule has 2 heterocycles. The highest BCUT2D eigenvalue weighted by Crippen LogP contribution is 2.36. The predicted octanol–water partition coefficient (Wildman–Crippen LogP) is 5.65. The number of hydrogen-bond donors (Lipinski definition) is 2. The van der Waals surface area contributed by atoms with Gasteiger partial charge in [-0.2, -0.15) is 0 Å². The number of hydrogen-bond acceptors (Lipinski definition) is 7. The van der Waals surface area contributed by atoms with Crippen LogP contribution in [0.15, 0.2) is 65.0 Å². The molecule has 0 radical (unpaired) electrons. The summed E-state index contributed by atoms with van der Waals surface area (Å²) < 4.78 is 35.1. The Balaban J connectivity index is 1.66. The average molecular weight is 541 g/mol. The first kappa shape index (κ1) is 26.8. The zero-order valence-corrected chi connectivity index (χ0v) is 22.8. The van der Waals surface area contributed by atoms with Gasteiger partial charge in [-0.05, 0) is 42.7 Å². The van der Waals surface area contributed by atoms with E-state index in [0.717, 1.165) is 42.5 Å². The lowest BCUT2D eigenvalue weighted by atomic mass is 10.1. The van der Waals surface area contributed by atoms with Gasteiger partial charge in [0, 0.05) is 30.1 Å².